The third kappa shape index (κ3) is 24.1. The van der Waals surface area contributed by atoms with Crippen LogP contribution in [0.1, 0.15) is 138 Å². The number of urea groups is 1. The average molecular weight is 1500 g/mol. The molecule has 31 heteroatoms. The predicted molar refractivity (Wildman–Crippen MR) is 385 cm³/mol. The van der Waals surface area contributed by atoms with Crippen molar-refractivity contribution < 1.29 is 88.9 Å². The summed E-state index contributed by atoms with van der Waals surface area (Å²) in [6.45, 7) is 17.0. The minimum atomic E-state index is -2.42. The molecule has 2 aliphatic heterocycles. The number of primary amides is 1. The number of benzene rings is 3. The van der Waals surface area contributed by atoms with Gasteiger partial charge in [-0.05, 0) is 99.6 Å². The Morgan fingerprint density at radius 1 is 0.623 bits per heavy atom. The van der Waals surface area contributed by atoms with Crippen LogP contribution in [-0.2, 0) is 70.4 Å². The van der Waals surface area contributed by atoms with Crippen LogP contribution in [0.2, 0.25) is 0 Å². The summed E-state index contributed by atoms with van der Waals surface area (Å²) >= 11 is 0. The molecule has 2 heterocycles. The summed E-state index contributed by atoms with van der Waals surface area (Å²) in [5.74, 6) is -21.9. The predicted octanol–water partition coefficient (Wildman–Crippen LogP) is 6.35. The van der Waals surface area contributed by atoms with Gasteiger partial charge in [0.1, 0.15) is 24.2 Å². The highest BCUT2D eigenvalue weighted by molar-refractivity contribution is 5.99. The highest BCUT2D eigenvalue weighted by Gasteiger charge is 2.45. The summed E-state index contributed by atoms with van der Waals surface area (Å²) in [6.07, 6.45) is -0.486. The number of likely N-dealkylation sites (tertiary alicyclic amines) is 2. The molecule has 0 unspecified atom stereocenters. The molecule has 26 nitrogen and oxygen atoms in total. The van der Waals surface area contributed by atoms with Gasteiger partial charge in [0.15, 0.2) is 0 Å². The zero-order valence-electron chi connectivity index (χ0n) is 63.6. The van der Waals surface area contributed by atoms with Gasteiger partial charge in [-0.3, -0.25) is 52.8 Å². The fraction of sp³-hybridized carbons (Fsp3) is 0.613. The molecule has 11 atom stereocenters. The van der Waals surface area contributed by atoms with Gasteiger partial charge in [0.25, 0.3) is 0 Å². The van der Waals surface area contributed by atoms with Crippen molar-refractivity contribution in [1.29, 1.82) is 0 Å². The number of carbonyl (C=O) groups excluding carboxylic acids is 11. The summed E-state index contributed by atoms with van der Waals surface area (Å²) in [6, 6.07) is 8.95. The first-order chi connectivity index (χ1) is 50.0. The summed E-state index contributed by atoms with van der Waals surface area (Å²) < 4.78 is 86.1. The van der Waals surface area contributed by atoms with Crippen molar-refractivity contribution in [2.24, 2.45) is 41.2 Å². The van der Waals surface area contributed by atoms with Crippen LogP contribution in [-0.4, -0.2) is 213 Å². The Morgan fingerprint density at radius 3 is 1.76 bits per heavy atom. The molecule has 0 aromatic heterocycles. The van der Waals surface area contributed by atoms with E-state index in [1.165, 1.54) is 24.0 Å². The lowest BCUT2D eigenvalue weighted by atomic mass is 9.89. The molecule has 2 saturated heterocycles. The number of likely N-dealkylation sites (N-methyl/N-ethyl adjacent to an activating group) is 3. The number of anilines is 1. The van der Waals surface area contributed by atoms with Crippen LogP contribution < -0.4 is 42.4 Å². The van der Waals surface area contributed by atoms with Crippen molar-refractivity contribution in [1.82, 2.24) is 51.1 Å². The van der Waals surface area contributed by atoms with E-state index in [0.29, 0.717) is 37.1 Å². The lowest BCUT2D eigenvalue weighted by Gasteiger charge is -2.41. The van der Waals surface area contributed by atoms with Gasteiger partial charge < -0.3 is 71.4 Å². The highest BCUT2D eigenvalue weighted by atomic mass is 19.2. The Kier molecular flexibility index (Phi) is 34.2. The maximum atomic E-state index is 14.7. The maximum absolute atomic E-state index is 14.7. The summed E-state index contributed by atoms with van der Waals surface area (Å²) in [5, 5.41) is 16.6. The first-order valence-corrected chi connectivity index (χ1v) is 36.2. The number of esters is 1. The molecule has 0 spiro atoms. The van der Waals surface area contributed by atoms with Crippen molar-refractivity contribution in [3.63, 3.8) is 0 Å². The summed E-state index contributed by atoms with van der Waals surface area (Å²) in [5.41, 5.74) is 6.97. The molecule has 5 rings (SSSR count). The molecule has 2 fully saturated rings. The Labute approximate surface area is 618 Å². The van der Waals surface area contributed by atoms with Crippen molar-refractivity contribution >= 4 is 70.9 Å². The number of nitrogens with two attached hydrogens (primary N) is 1. The van der Waals surface area contributed by atoms with Crippen LogP contribution in [0.25, 0.3) is 0 Å². The molecular weight excluding hydrogens is 1390 g/mol. The monoisotopic (exact) mass is 1500 g/mol. The van der Waals surface area contributed by atoms with E-state index in [1.807, 2.05) is 90.9 Å². The average Bonchev–Trinajstić information content (AvgIpc) is 1.24. The molecule has 3 aromatic carbocycles. The number of carbonyl (C=O) groups is 11. The molecule has 0 aliphatic carbocycles. The Balaban J connectivity index is 1.21. The summed E-state index contributed by atoms with van der Waals surface area (Å²) in [7, 11) is 9.91. The molecule has 11 amide bonds. The minimum absolute atomic E-state index is 0.00883. The standard InChI is InChI=1S/C75H109F5N12O14/c1-16-44(8)65(90(13)73(101)63(42(4)5)87-71(99)64(43(6)7)88(10)11)53(104-14)39-56(95)92-35-21-25-52(92)66(105-15)45(9)68(96)85-51(38-46-22-18-17-19-23-46)72(100)89(12)40-47-26-28-49(29-27-47)83-69(97)50(24-20-34-82-75(81)103)84-70(98)62(41(2)3)86-54(93)30-31-55(94)91-36-32-48(33-37-91)74(102)106-67-60(79)58(77)57(76)59(78)61(67)80/h17-19,22-23,26-29,41-45,48,50-53,62-66H,16,20-21,24-25,30-40H2,1-15H3,(H,83,97)(H,84,98)(H,85,96)(H,86,93)(H,87,99)(H3,81,82,103)/t44-,45+,50-,51-,52-,53+,62-,63-,64-,65-,66+/m0/s1. The third-order valence-electron chi connectivity index (χ3n) is 19.8. The van der Waals surface area contributed by atoms with E-state index in [2.05, 4.69) is 36.6 Å². The lowest BCUT2D eigenvalue weighted by Crippen LogP contribution is -2.59. The molecular formula is C75H109F5N12O14. The fourth-order valence-electron chi connectivity index (χ4n) is 13.7. The number of nitrogens with zero attached hydrogens (tertiary/aromatic N) is 5. The number of amides is 11. The second-order valence-electron chi connectivity index (χ2n) is 28.9. The van der Waals surface area contributed by atoms with E-state index >= 15 is 0 Å². The molecule has 2 aliphatic rings. The quantitative estimate of drug-likeness (QED) is 0.00821. The molecule has 8 N–H and O–H groups in total. The second kappa shape index (κ2) is 41.3. The number of halogens is 5. The van der Waals surface area contributed by atoms with Crippen LogP contribution in [0.15, 0.2) is 54.6 Å². The number of hydrogen-bond acceptors (Lipinski definition) is 15. The molecule has 3 aromatic rings. The number of nitrogens with one attached hydrogen (secondary N) is 6. The largest absolute Gasteiger partial charge is 0.420 e. The van der Waals surface area contributed by atoms with E-state index in [4.69, 9.17) is 15.2 Å². The van der Waals surface area contributed by atoms with Gasteiger partial charge in [0.2, 0.25) is 88.0 Å². The zero-order chi connectivity index (χ0) is 79.1. The van der Waals surface area contributed by atoms with Gasteiger partial charge in [0.05, 0.1) is 48.6 Å². The van der Waals surface area contributed by atoms with Gasteiger partial charge in [-0.15, -0.1) is 0 Å². The number of methoxy groups -OCH3 is 2. The van der Waals surface area contributed by atoms with Gasteiger partial charge in [-0.2, -0.15) is 8.78 Å². The van der Waals surface area contributed by atoms with Crippen LogP contribution in [0.5, 0.6) is 5.75 Å². The van der Waals surface area contributed by atoms with E-state index in [9.17, 15) is 74.7 Å². The first kappa shape index (κ1) is 87.8. The van der Waals surface area contributed by atoms with Crippen molar-refractivity contribution in [2.45, 2.75) is 194 Å². The van der Waals surface area contributed by atoms with Gasteiger partial charge in [0, 0.05) is 86.0 Å². The van der Waals surface area contributed by atoms with E-state index < -0.39 is 161 Å². The minimum Gasteiger partial charge on any atom is -0.420 e. The van der Waals surface area contributed by atoms with Crippen LogP contribution in [0.4, 0.5) is 32.4 Å². The Hall–Kier alpha value is -8.84. The SMILES string of the molecule is CC[C@H](C)[C@@H]([C@@H](CC(=O)N1CCC[C@H]1[C@H](OC)[C@@H](C)C(=O)N[C@@H](Cc1ccccc1)C(=O)N(C)Cc1ccc(NC(=O)[C@H](CCCNC(N)=O)NC(=O)[C@@H](NC(=O)CCC(=O)N2CCC(C(=O)Oc3c(F)c(F)c(F)c(F)c3F)CC2)C(C)C)cc1)OC)N(C)C(=O)[C@@H](NC(=O)[C@H](C(C)C)N(C)C)C(C)C. The smallest absolute Gasteiger partial charge is 0.314 e. The fourth-order valence-corrected chi connectivity index (χ4v) is 13.7. The maximum Gasteiger partial charge on any atom is 0.314 e. The van der Waals surface area contributed by atoms with E-state index in [1.54, 1.807) is 68.9 Å². The van der Waals surface area contributed by atoms with Crippen LogP contribution >= 0.6 is 0 Å². The Morgan fingerprint density at radius 2 is 1.22 bits per heavy atom. The molecule has 0 saturated carbocycles. The van der Waals surface area contributed by atoms with Crippen molar-refractivity contribution in [3.05, 3.63) is 94.8 Å². The molecule has 0 radical (unpaired) electrons. The van der Waals surface area contributed by atoms with Gasteiger partial charge in [-0.25, -0.2) is 18.0 Å². The lowest BCUT2D eigenvalue weighted by molar-refractivity contribution is -0.148. The Bertz CT molecular complexity index is 3480. The van der Waals surface area contributed by atoms with Gasteiger partial charge in [-0.1, -0.05) is 111 Å². The van der Waals surface area contributed by atoms with Crippen molar-refractivity contribution in [2.75, 3.05) is 73.9 Å². The van der Waals surface area contributed by atoms with Crippen LogP contribution in [0.3, 0.4) is 0 Å². The van der Waals surface area contributed by atoms with Crippen LogP contribution in [0, 0.1) is 64.6 Å². The number of hydrogen-bond donors (Lipinski definition) is 7. The number of piperidine rings is 1. The van der Waals surface area contributed by atoms with E-state index in [0.717, 1.165) is 5.56 Å². The van der Waals surface area contributed by atoms with Gasteiger partial charge >= 0.3 is 12.0 Å². The first-order valence-electron chi connectivity index (χ1n) is 36.2. The highest BCUT2D eigenvalue weighted by Crippen LogP contribution is 2.33. The second-order valence-corrected chi connectivity index (χ2v) is 28.9. The normalized spacial score (nSPS) is 16.9. The summed E-state index contributed by atoms with van der Waals surface area (Å²) in [4.78, 5) is 159. The topological polar surface area (TPSA) is 330 Å². The van der Waals surface area contributed by atoms with E-state index in [-0.39, 0.29) is 107 Å². The molecule has 588 valence electrons. The number of rotatable bonds is 38. The molecule has 0 bridgehead atoms. The zero-order valence-corrected chi connectivity index (χ0v) is 63.6. The third-order valence-corrected chi connectivity index (χ3v) is 19.8. The number of ether oxygens (including phenoxy) is 3. The molecule has 106 heavy (non-hydrogen) atoms. The van der Waals surface area contributed by atoms with Crippen molar-refractivity contribution in [3.8, 4) is 5.75 Å².